The van der Waals surface area contributed by atoms with Crippen LogP contribution in [0.2, 0.25) is 0 Å². The molecule has 1 fully saturated rings. The average Bonchev–Trinajstić information content (AvgIpc) is 2.94. The molecule has 1 aliphatic heterocycles. The molecule has 0 aromatic heterocycles. The lowest BCUT2D eigenvalue weighted by molar-refractivity contribution is 0.321. The summed E-state index contributed by atoms with van der Waals surface area (Å²) in [6.45, 7) is 3.42. The van der Waals surface area contributed by atoms with Crippen LogP contribution in [0, 0.1) is 23.8 Å². The maximum atomic E-state index is 14.2. The van der Waals surface area contributed by atoms with E-state index in [4.69, 9.17) is 0 Å². The summed E-state index contributed by atoms with van der Waals surface area (Å²) in [5, 5.41) is 11.3. The molecule has 3 nitrogen and oxygen atoms in total. The van der Waals surface area contributed by atoms with Gasteiger partial charge in [-0.25, -0.2) is 8.78 Å². The van der Waals surface area contributed by atoms with Crippen molar-refractivity contribution in [1.29, 1.82) is 0 Å². The van der Waals surface area contributed by atoms with Gasteiger partial charge >= 0.3 is 0 Å². The Balaban J connectivity index is 1.81. The first kappa shape index (κ1) is 16.1. The third-order valence-electron chi connectivity index (χ3n) is 4.47. The summed E-state index contributed by atoms with van der Waals surface area (Å²) >= 11 is 0. The second-order valence-corrected chi connectivity index (χ2v) is 6.13. The Labute approximate surface area is 134 Å². The predicted octanol–water partition coefficient (Wildman–Crippen LogP) is 3.33. The topological polar surface area (TPSA) is 38.3 Å². The summed E-state index contributed by atoms with van der Waals surface area (Å²) in [5.41, 5.74) is 3.99. The first-order chi connectivity index (χ1) is 11.1. The highest BCUT2D eigenvalue weighted by molar-refractivity contribution is 5.31. The maximum absolute atomic E-state index is 14.2. The molecule has 2 aromatic carbocycles. The Morgan fingerprint density at radius 3 is 2.57 bits per heavy atom. The summed E-state index contributed by atoms with van der Waals surface area (Å²) < 4.78 is 27.6. The summed E-state index contributed by atoms with van der Waals surface area (Å²) in [7, 11) is 0. The first-order valence-corrected chi connectivity index (χ1v) is 7.68. The van der Waals surface area contributed by atoms with Crippen LogP contribution in [0.3, 0.4) is 0 Å². The lowest BCUT2D eigenvalue weighted by Gasteiger charge is -2.24. The molecule has 1 saturated heterocycles. The predicted molar refractivity (Wildman–Crippen MR) is 85.8 cm³/mol. The zero-order valence-corrected chi connectivity index (χ0v) is 12.9. The highest BCUT2D eigenvalue weighted by Crippen LogP contribution is 2.31. The van der Waals surface area contributed by atoms with Gasteiger partial charge in [0.05, 0.1) is 0 Å². The number of hydrogen-bond acceptors (Lipinski definition) is 3. The third-order valence-corrected chi connectivity index (χ3v) is 4.47. The minimum Gasteiger partial charge on any atom is -0.787 e. The minimum atomic E-state index is -0.583. The quantitative estimate of drug-likeness (QED) is 0.879. The Hall–Kier alpha value is -1.82. The van der Waals surface area contributed by atoms with Gasteiger partial charge in [-0.1, -0.05) is 30.3 Å². The van der Waals surface area contributed by atoms with E-state index in [1.165, 1.54) is 6.07 Å². The zero-order chi connectivity index (χ0) is 16.4. The number of benzene rings is 2. The van der Waals surface area contributed by atoms with E-state index in [0.717, 1.165) is 11.6 Å². The molecule has 0 saturated carbocycles. The van der Waals surface area contributed by atoms with Crippen molar-refractivity contribution in [1.82, 2.24) is 10.4 Å². The molecule has 2 aromatic rings. The molecule has 5 heteroatoms. The van der Waals surface area contributed by atoms with Gasteiger partial charge in [-0.05, 0) is 29.7 Å². The molecule has 0 aliphatic carbocycles. The highest BCUT2D eigenvalue weighted by atomic mass is 19.1. The number of halogens is 2. The third kappa shape index (κ3) is 3.42. The molecule has 0 bridgehead atoms. The smallest absolute Gasteiger partial charge is 0.129 e. The molecular formula is C18H19F2N2O-. The highest BCUT2D eigenvalue weighted by Gasteiger charge is 2.33. The normalized spacial score (nSPS) is 21.7. The van der Waals surface area contributed by atoms with Gasteiger partial charge < -0.3 is 10.7 Å². The van der Waals surface area contributed by atoms with Crippen LogP contribution in [0.1, 0.15) is 22.6 Å². The van der Waals surface area contributed by atoms with E-state index >= 15 is 0 Å². The van der Waals surface area contributed by atoms with Crippen LogP contribution in [0.4, 0.5) is 8.78 Å². The van der Waals surface area contributed by atoms with Gasteiger partial charge in [0.15, 0.2) is 0 Å². The molecule has 0 radical (unpaired) electrons. The standard InChI is InChI=1S/C18H19F2N2O/c1-12-7-14(17(20)8-16(12)19)15-10-22(11-18(15)21-23)9-13-5-3-2-4-6-13/h2-8,15,18,21H,9-11H2,1H3/q-1/t15-,18+/m1/s1. The van der Waals surface area contributed by atoms with Gasteiger partial charge in [0.25, 0.3) is 0 Å². The second-order valence-electron chi connectivity index (χ2n) is 6.13. The number of aryl methyl sites for hydroxylation is 1. The fraction of sp³-hybridized carbons (Fsp3) is 0.333. The average molecular weight is 317 g/mol. The molecule has 3 rings (SSSR count). The maximum Gasteiger partial charge on any atom is 0.129 e. The van der Waals surface area contributed by atoms with Crippen molar-refractivity contribution < 1.29 is 8.78 Å². The van der Waals surface area contributed by atoms with Gasteiger partial charge in [-0.2, -0.15) is 0 Å². The van der Waals surface area contributed by atoms with Crippen LogP contribution in [0.5, 0.6) is 0 Å². The SMILES string of the molecule is Cc1cc([C@H]2CN(Cc3ccccc3)C[C@@H]2N[O-])c(F)cc1F. The molecule has 0 amide bonds. The van der Waals surface area contributed by atoms with E-state index in [1.807, 2.05) is 35.8 Å². The number of nitrogens with zero attached hydrogens (tertiary/aromatic N) is 1. The molecule has 1 N–H and O–H groups in total. The van der Waals surface area contributed by atoms with Crippen LogP contribution in [-0.4, -0.2) is 24.0 Å². The van der Waals surface area contributed by atoms with Gasteiger partial charge in [0.1, 0.15) is 11.6 Å². The largest absolute Gasteiger partial charge is 0.787 e. The first-order valence-electron chi connectivity index (χ1n) is 7.68. The van der Waals surface area contributed by atoms with E-state index in [9.17, 15) is 14.0 Å². The Morgan fingerprint density at radius 1 is 1.13 bits per heavy atom. The number of rotatable bonds is 4. The number of hydroxylamine groups is 1. The second kappa shape index (κ2) is 6.74. The Bertz CT molecular complexity index is 678. The van der Waals surface area contributed by atoms with E-state index in [0.29, 0.717) is 30.8 Å². The van der Waals surface area contributed by atoms with Crippen LogP contribution in [0.15, 0.2) is 42.5 Å². The number of likely N-dealkylation sites (tertiary alicyclic amines) is 1. The lowest BCUT2D eigenvalue weighted by Crippen LogP contribution is -2.31. The van der Waals surface area contributed by atoms with E-state index in [-0.39, 0.29) is 5.92 Å². The van der Waals surface area contributed by atoms with Crippen LogP contribution in [0.25, 0.3) is 0 Å². The lowest BCUT2D eigenvalue weighted by atomic mass is 9.93. The Kier molecular flexibility index (Phi) is 4.71. The fourth-order valence-electron chi connectivity index (χ4n) is 3.25. The van der Waals surface area contributed by atoms with Crippen molar-refractivity contribution >= 4 is 0 Å². The van der Waals surface area contributed by atoms with E-state index < -0.39 is 17.7 Å². The molecule has 23 heavy (non-hydrogen) atoms. The molecule has 1 aliphatic rings. The van der Waals surface area contributed by atoms with Gasteiger partial charge in [0, 0.05) is 37.7 Å². The summed E-state index contributed by atoms with van der Waals surface area (Å²) in [6.07, 6.45) is 0. The monoisotopic (exact) mass is 317 g/mol. The van der Waals surface area contributed by atoms with E-state index in [2.05, 4.69) is 4.90 Å². The molecule has 0 spiro atoms. The van der Waals surface area contributed by atoms with Crippen molar-refractivity contribution in [3.05, 3.63) is 76.0 Å². The molecule has 1 heterocycles. The van der Waals surface area contributed by atoms with Gasteiger partial charge in [-0.15, -0.1) is 0 Å². The Morgan fingerprint density at radius 2 is 1.87 bits per heavy atom. The molecular weight excluding hydrogens is 298 g/mol. The van der Waals surface area contributed by atoms with Crippen molar-refractivity contribution in [2.75, 3.05) is 13.1 Å². The number of nitrogens with one attached hydrogen (secondary N) is 1. The van der Waals surface area contributed by atoms with Crippen molar-refractivity contribution in [2.24, 2.45) is 0 Å². The molecule has 0 unspecified atom stereocenters. The van der Waals surface area contributed by atoms with Crippen molar-refractivity contribution in [3.63, 3.8) is 0 Å². The van der Waals surface area contributed by atoms with Crippen LogP contribution < -0.4 is 5.48 Å². The minimum absolute atomic E-state index is 0.282. The van der Waals surface area contributed by atoms with Gasteiger partial charge in [-0.3, -0.25) is 4.90 Å². The van der Waals surface area contributed by atoms with Crippen molar-refractivity contribution in [2.45, 2.75) is 25.4 Å². The fourth-order valence-corrected chi connectivity index (χ4v) is 3.25. The van der Waals surface area contributed by atoms with Crippen LogP contribution in [-0.2, 0) is 6.54 Å². The number of hydrogen-bond donors (Lipinski definition) is 1. The molecule has 2 atom stereocenters. The molecule has 122 valence electrons. The van der Waals surface area contributed by atoms with E-state index in [1.54, 1.807) is 6.92 Å². The van der Waals surface area contributed by atoms with Crippen LogP contribution >= 0.6 is 0 Å². The zero-order valence-electron chi connectivity index (χ0n) is 12.9. The summed E-state index contributed by atoms with van der Waals surface area (Å²) in [5.74, 6) is -1.42. The summed E-state index contributed by atoms with van der Waals surface area (Å²) in [4.78, 5) is 2.12. The van der Waals surface area contributed by atoms with Crippen molar-refractivity contribution in [3.8, 4) is 0 Å². The summed E-state index contributed by atoms with van der Waals surface area (Å²) in [6, 6.07) is 12.0. The van der Waals surface area contributed by atoms with Gasteiger partial charge in [0.2, 0.25) is 0 Å².